The van der Waals surface area contributed by atoms with Crippen LogP contribution < -0.4 is 11.1 Å². The second-order valence-corrected chi connectivity index (χ2v) is 6.48. The number of hydrogen-bond donors (Lipinski definition) is 2. The molecule has 2 amide bonds. The van der Waals surface area contributed by atoms with Gasteiger partial charge in [0, 0.05) is 18.8 Å². The van der Waals surface area contributed by atoms with Crippen LogP contribution in [0.15, 0.2) is 0 Å². The molecule has 22 heavy (non-hydrogen) atoms. The van der Waals surface area contributed by atoms with Gasteiger partial charge in [0.25, 0.3) is 0 Å². The van der Waals surface area contributed by atoms with Crippen molar-refractivity contribution < 1.29 is 19.1 Å². The number of ether oxygens (including phenoxy) is 1. The Hall–Kier alpha value is -1.43. The standard InChI is InChI=1S/C16H26N2O4/c17-14(20)7-6-12-9-22-10-13(19)16(12)18-15(21)8-5-11-3-1-2-4-11/h11-12,16H,1-10H2,(H2,17,20)(H,18,21). The molecule has 0 aromatic heterocycles. The Morgan fingerprint density at radius 1 is 1.18 bits per heavy atom. The van der Waals surface area contributed by atoms with Crippen LogP contribution in [0.3, 0.4) is 0 Å². The van der Waals surface area contributed by atoms with Gasteiger partial charge in [-0.1, -0.05) is 25.7 Å². The van der Waals surface area contributed by atoms with Crippen LogP contribution in [0.25, 0.3) is 0 Å². The molecule has 2 aliphatic rings. The van der Waals surface area contributed by atoms with Crippen molar-refractivity contribution in [3.8, 4) is 0 Å². The smallest absolute Gasteiger partial charge is 0.220 e. The molecule has 1 aliphatic heterocycles. The molecule has 124 valence electrons. The van der Waals surface area contributed by atoms with E-state index in [1.54, 1.807) is 0 Å². The summed E-state index contributed by atoms with van der Waals surface area (Å²) in [6, 6.07) is -0.538. The van der Waals surface area contributed by atoms with E-state index in [0.29, 0.717) is 25.4 Å². The molecule has 0 bridgehead atoms. The fourth-order valence-electron chi connectivity index (χ4n) is 3.42. The quantitative estimate of drug-likeness (QED) is 0.730. The van der Waals surface area contributed by atoms with Crippen LogP contribution in [-0.2, 0) is 19.1 Å². The average Bonchev–Trinajstić information content (AvgIpc) is 2.99. The first kappa shape index (κ1) is 16.9. The second kappa shape index (κ2) is 8.27. The molecule has 0 radical (unpaired) electrons. The van der Waals surface area contributed by atoms with Gasteiger partial charge in [-0.15, -0.1) is 0 Å². The minimum atomic E-state index is -0.538. The first-order valence-electron chi connectivity index (χ1n) is 8.24. The minimum absolute atomic E-state index is 0.0284. The van der Waals surface area contributed by atoms with E-state index in [9.17, 15) is 14.4 Å². The lowest BCUT2D eigenvalue weighted by molar-refractivity contribution is -0.138. The lowest BCUT2D eigenvalue weighted by Gasteiger charge is -2.30. The fraction of sp³-hybridized carbons (Fsp3) is 0.812. The molecule has 1 aliphatic carbocycles. The van der Waals surface area contributed by atoms with E-state index in [2.05, 4.69) is 5.32 Å². The summed E-state index contributed by atoms with van der Waals surface area (Å²) in [5, 5.41) is 2.85. The van der Waals surface area contributed by atoms with Gasteiger partial charge in [-0.25, -0.2) is 0 Å². The number of nitrogens with one attached hydrogen (secondary N) is 1. The van der Waals surface area contributed by atoms with Gasteiger partial charge < -0.3 is 15.8 Å². The molecule has 6 nitrogen and oxygen atoms in total. The predicted molar refractivity (Wildman–Crippen MR) is 80.9 cm³/mol. The van der Waals surface area contributed by atoms with Gasteiger partial charge in [0.05, 0.1) is 12.6 Å². The van der Waals surface area contributed by atoms with Crippen molar-refractivity contribution in [2.75, 3.05) is 13.2 Å². The van der Waals surface area contributed by atoms with Crippen LogP contribution in [0.4, 0.5) is 0 Å². The molecule has 1 saturated carbocycles. The van der Waals surface area contributed by atoms with Crippen molar-refractivity contribution in [1.29, 1.82) is 0 Å². The zero-order chi connectivity index (χ0) is 15.9. The van der Waals surface area contributed by atoms with Gasteiger partial charge in [-0.05, 0) is 18.8 Å². The maximum Gasteiger partial charge on any atom is 0.220 e. The van der Waals surface area contributed by atoms with E-state index in [-0.39, 0.29) is 30.6 Å². The number of primary amides is 1. The number of amides is 2. The van der Waals surface area contributed by atoms with Gasteiger partial charge in [0.2, 0.25) is 11.8 Å². The number of hydrogen-bond acceptors (Lipinski definition) is 4. The van der Waals surface area contributed by atoms with Gasteiger partial charge in [-0.2, -0.15) is 0 Å². The number of Topliss-reactive ketones (excluding diaryl/α,β-unsaturated/α-hetero) is 1. The molecule has 2 rings (SSSR count). The summed E-state index contributed by atoms with van der Waals surface area (Å²) in [6.45, 7) is 0.410. The third kappa shape index (κ3) is 5.09. The lowest BCUT2D eigenvalue weighted by atomic mass is 9.90. The second-order valence-electron chi connectivity index (χ2n) is 6.48. The summed E-state index contributed by atoms with van der Waals surface area (Å²) in [6.07, 6.45) is 6.99. The number of ketones is 1. The Kier molecular flexibility index (Phi) is 6.36. The molecule has 2 unspecified atom stereocenters. The van der Waals surface area contributed by atoms with Crippen LogP contribution in [0.1, 0.15) is 51.4 Å². The van der Waals surface area contributed by atoms with Crippen molar-refractivity contribution in [2.24, 2.45) is 17.6 Å². The number of carbonyl (C=O) groups excluding carboxylic acids is 3. The van der Waals surface area contributed by atoms with Crippen LogP contribution in [0.2, 0.25) is 0 Å². The highest BCUT2D eigenvalue weighted by Gasteiger charge is 2.33. The van der Waals surface area contributed by atoms with Gasteiger partial charge in [-0.3, -0.25) is 14.4 Å². The summed E-state index contributed by atoms with van der Waals surface area (Å²) in [5.74, 6) is -0.0959. The van der Waals surface area contributed by atoms with Crippen molar-refractivity contribution in [2.45, 2.75) is 57.4 Å². The SMILES string of the molecule is NC(=O)CCC1COCC(=O)C1NC(=O)CCC1CCCC1. The highest BCUT2D eigenvalue weighted by molar-refractivity contribution is 5.90. The van der Waals surface area contributed by atoms with E-state index in [4.69, 9.17) is 10.5 Å². The summed E-state index contributed by atoms with van der Waals surface area (Å²) in [7, 11) is 0. The zero-order valence-corrected chi connectivity index (χ0v) is 13.0. The molecular weight excluding hydrogens is 284 g/mol. The Bertz CT molecular complexity index is 418. The molecule has 1 saturated heterocycles. The molecule has 0 aromatic carbocycles. The van der Waals surface area contributed by atoms with Crippen molar-refractivity contribution in [3.05, 3.63) is 0 Å². The summed E-state index contributed by atoms with van der Waals surface area (Å²) >= 11 is 0. The van der Waals surface area contributed by atoms with Crippen LogP contribution in [-0.4, -0.2) is 36.9 Å². The van der Waals surface area contributed by atoms with E-state index in [1.807, 2.05) is 0 Å². The highest BCUT2D eigenvalue weighted by Crippen LogP contribution is 2.28. The minimum Gasteiger partial charge on any atom is -0.373 e. The Labute approximate surface area is 131 Å². The molecule has 0 aromatic rings. The lowest BCUT2D eigenvalue weighted by Crippen LogP contribution is -2.52. The monoisotopic (exact) mass is 310 g/mol. The first-order valence-corrected chi connectivity index (χ1v) is 8.24. The number of rotatable bonds is 7. The fourth-order valence-corrected chi connectivity index (χ4v) is 3.42. The third-order valence-electron chi connectivity index (χ3n) is 4.73. The normalized spacial score (nSPS) is 26.1. The predicted octanol–water partition coefficient (Wildman–Crippen LogP) is 0.923. The van der Waals surface area contributed by atoms with Crippen LogP contribution >= 0.6 is 0 Å². The first-order chi connectivity index (χ1) is 10.6. The largest absolute Gasteiger partial charge is 0.373 e. The maximum absolute atomic E-state index is 12.1. The Balaban J connectivity index is 1.81. The van der Waals surface area contributed by atoms with Gasteiger partial charge >= 0.3 is 0 Å². The Morgan fingerprint density at radius 2 is 1.91 bits per heavy atom. The van der Waals surface area contributed by atoms with E-state index in [1.165, 1.54) is 25.7 Å². The van der Waals surface area contributed by atoms with Crippen molar-refractivity contribution in [3.63, 3.8) is 0 Å². The van der Waals surface area contributed by atoms with Crippen molar-refractivity contribution >= 4 is 17.6 Å². The zero-order valence-electron chi connectivity index (χ0n) is 13.0. The van der Waals surface area contributed by atoms with E-state index in [0.717, 1.165) is 6.42 Å². The molecule has 1 heterocycles. The molecular formula is C16H26N2O4. The van der Waals surface area contributed by atoms with Gasteiger partial charge in [0.15, 0.2) is 5.78 Å². The van der Waals surface area contributed by atoms with E-state index >= 15 is 0 Å². The molecule has 0 spiro atoms. The van der Waals surface area contributed by atoms with Crippen molar-refractivity contribution in [1.82, 2.24) is 5.32 Å². The average molecular weight is 310 g/mol. The number of carbonyl (C=O) groups is 3. The highest BCUT2D eigenvalue weighted by atomic mass is 16.5. The van der Waals surface area contributed by atoms with Crippen LogP contribution in [0, 0.1) is 11.8 Å². The maximum atomic E-state index is 12.1. The molecule has 3 N–H and O–H groups in total. The Morgan fingerprint density at radius 3 is 2.59 bits per heavy atom. The molecule has 2 fully saturated rings. The summed E-state index contributed by atoms with van der Waals surface area (Å²) in [4.78, 5) is 35.0. The van der Waals surface area contributed by atoms with E-state index < -0.39 is 11.9 Å². The van der Waals surface area contributed by atoms with Gasteiger partial charge in [0.1, 0.15) is 6.61 Å². The summed E-state index contributed by atoms with van der Waals surface area (Å²) in [5.41, 5.74) is 5.16. The number of nitrogens with two attached hydrogens (primary N) is 1. The topological polar surface area (TPSA) is 98.5 Å². The third-order valence-corrected chi connectivity index (χ3v) is 4.73. The summed E-state index contributed by atoms with van der Waals surface area (Å²) < 4.78 is 5.23. The molecule has 2 atom stereocenters. The molecule has 6 heteroatoms. The van der Waals surface area contributed by atoms with Crippen LogP contribution in [0.5, 0.6) is 0 Å².